The van der Waals surface area contributed by atoms with Crippen LogP contribution in [0.5, 0.6) is 0 Å². The summed E-state index contributed by atoms with van der Waals surface area (Å²) in [6.07, 6.45) is 3.40. The van der Waals surface area contributed by atoms with Crippen LogP contribution in [0.4, 0.5) is 0 Å². The zero-order valence-electron chi connectivity index (χ0n) is 12.1. The molecule has 0 radical (unpaired) electrons. The number of carbonyl (C=O) groups excluding carboxylic acids is 1. The minimum absolute atomic E-state index is 0.213. The molecule has 1 aromatic heterocycles. The molecule has 2 rings (SSSR count). The van der Waals surface area contributed by atoms with Crippen LogP contribution in [0, 0.1) is 5.92 Å². The molecule has 0 saturated carbocycles. The van der Waals surface area contributed by atoms with Crippen molar-refractivity contribution >= 4 is 5.97 Å². The summed E-state index contributed by atoms with van der Waals surface area (Å²) < 4.78 is 4.65. The fourth-order valence-electron chi connectivity index (χ4n) is 2.58. The van der Waals surface area contributed by atoms with Crippen molar-refractivity contribution in [2.75, 3.05) is 20.2 Å². The van der Waals surface area contributed by atoms with E-state index in [1.54, 1.807) is 12.3 Å². The predicted molar refractivity (Wildman–Crippen MR) is 75.3 cm³/mol. The van der Waals surface area contributed by atoms with Gasteiger partial charge in [0, 0.05) is 12.7 Å². The third kappa shape index (κ3) is 3.77. The van der Waals surface area contributed by atoms with E-state index in [-0.39, 0.29) is 12.1 Å². The van der Waals surface area contributed by atoms with E-state index in [2.05, 4.69) is 14.6 Å². The minimum Gasteiger partial charge on any atom is -0.465 e. The van der Waals surface area contributed by atoms with Gasteiger partial charge >= 0.3 is 5.97 Å². The van der Waals surface area contributed by atoms with E-state index in [4.69, 9.17) is 0 Å². The van der Waals surface area contributed by atoms with Gasteiger partial charge in [0.1, 0.15) is 0 Å². The molecule has 2 heterocycles. The second-order valence-corrected chi connectivity index (χ2v) is 5.38. The number of hydrogen-bond donors (Lipinski definition) is 1. The Kier molecular flexibility index (Phi) is 5.09. The van der Waals surface area contributed by atoms with E-state index >= 15 is 0 Å². The van der Waals surface area contributed by atoms with Crippen LogP contribution >= 0.6 is 0 Å². The summed E-state index contributed by atoms with van der Waals surface area (Å²) in [4.78, 5) is 18.0. The number of carbonyl (C=O) groups is 1. The SMILES string of the molecule is COC(=O)c1ccc(CN2CCC(C(C)O)CC2)nc1. The highest BCUT2D eigenvalue weighted by molar-refractivity contribution is 5.88. The van der Waals surface area contributed by atoms with E-state index in [9.17, 15) is 9.90 Å². The van der Waals surface area contributed by atoms with Crippen molar-refractivity contribution < 1.29 is 14.6 Å². The first-order valence-corrected chi connectivity index (χ1v) is 7.04. The molecule has 0 bridgehead atoms. The van der Waals surface area contributed by atoms with Crippen LogP contribution in [0.15, 0.2) is 18.3 Å². The molecular weight excluding hydrogens is 256 g/mol. The van der Waals surface area contributed by atoms with Crippen molar-refractivity contribution in [2.45, 2.75) is 32.4 Å². The topological polar surface area (TPSA) is 62.7 Å². The third-order valence-electron chi connectivity index (χ3n) is 3.95. The molecule has 0 aliphatic carbocycles. The normalized spacial score (nSPS) is 18.8. The Balaban J connectivity index is 1.87. The smallest absolute Gasteiger partial charge is 0.339 e. The van der Waals surface area contributed by atoms with Crippen LogP contribution in [-0.4, -0.2) is 47.3 Å². The quantitative estimate of drug-likeness (QED) is 0.845. The Labute approximate surface area is 119 Å². The van der Waals surface area contributed by atoms with Gasteiger partial charge in [0.25, 0.3) is 0 Å². The van der Waals surface area contributed by atoms with Crippen LogP contribution in [0.3, 0.4) is 0 Å². The lowest BCUT2D eigenvalue weighted by atomic mass is 9.92. The molecule has 1 aromatic rings. The Morgan fingerprint density at radius 1 is 1.50 bits per heavy atom. The highest BCUT2D eigenvalue weighted by Crippen LogP contribution is 2.21. The molecule has 5 heteroatoms. The number of aliphatic hydroxyl groups is 1. The fourth-order valence-corrected chi connectivity index (χ4v) is 2.58. The lowest BCUT2D eigenvalue weighted by Crippen LogP contribution is -2.36. The number of aromatic nitrogens is 1. The minimum atomic E-state index is -0.359. The third-order valence-corrected chi connectivity index (χ3v) is 3.95. The van der Waals surface area contributed by atoms with Crippen LogP contribution in [0.2, 0.25) is 0 Å². The fraction of sp³-hybridized carbons (Fsp3) is 0.600. The van der Waals surface area contributed by atoms with Gasteiger partial charge in [0.2, 0.25) is 0 Å². The van der Waals surface area contributed by atoms with Gasteiger partial charge in [-0.05, 0) is 50.9 Å². The summed E-state index contributed by atoms with van der Waals surface area (Å²) in [5.74, 6) is 0.0581. The number of esters is 1. The van der Waals surface area contributed by atoms with Crippen molar-refractivity contribution in [3.63, 3.8) is 0 Å². The maximum atomic E-state index is 11.3. The van der Waals surface area contributed by atoms with E-state index in [1.165, 1.54) is 7.11 Å². The lowest BCUT2D eigenvalue weighted by molar-refractivity contribution is 0.0600. The van der Waals surface area contributed by atoms with E-state index in [0.717, 1.165) is 38.2 Å². The standard InChI is InChI=1S/C15H22N2O3/c1-11(18)12-5-7-17(8-6-12)10-14-4-3-13(9-16-14)15(19)20-2/h3-4,9,11-12,18H,5-8,10H2,1-2H3. The molecule has 1 saturated heterocycles. The first-order chi connectivity index (χ1) is 9.60. The number of aliphatic hydroxyl groups excluding tert-OH is 1. The van der Waals surface area contributed by atoms with Gasteiger partial charge in [-0.1, -0.05) is 0 Å². The van der Waals surface area contributed by atoms with E-state index < -0.39 is 0 Å². The molecule has 0 spiro atoms. The molecule has 20 heavy (non-hydrogen) atoms. The molecule has 0 amide bonds. The highest BCUT2D eigenvalue weighted by Gasteiger charge is 2.22. The van der Waals surface area contributed by atoms with E-state index in [1.807, 2.05) is 13.0 Å². The average Bonchev–Trinajstić information content (AvgIpc) is 2.48. The first kappa shape index (κ1) is 14.9. The summed E-state index contributed by atoms with van der Waals surface area (Å²) in [7, 11) is 1.36. The second kappa shape index (κ2) is 6.81. The predicted octanol–water partition coefficient (Wildman–Crippen LogP) is 1.46. The molecular formula is C15H22N2O3. The van der Waals surface area contributed by atoms with Crippen LogP contribution < -0.4 is 0 Å². The molecule has 1 fully saturated rings. The van der Waals surface area contributed by atoms with Gasteiger partial charge in [0.05, 0.1) is 24.5 Å². The number of rotatable bonds is 4. The number of methoxy groups -OCH3 is 1. The van der Waals surface area contributed by atoms with Crippen molar-refractivity contribution in [1.29, 1.82) is 0 Å². The largest absolute Gasteiger partial charge is 0.465 e. The van der Waals surface area contributed by atoms with Gasteiger partial charge in [-0.2, -0.15) is 0 Å². The average molecular weight is 278 g/mol. The Hall–Kier alpha value is -1.46. The van der Waals surface area contributed by atoms with Gasteiger partial charge in [-0.15, -0.1) is 0 Å². The number of piperidine rings is 1. The van der Waals surface area contributed by atoms with Crippen molar-refractivity contribution in [3.8, 4) is 0 Å². The summed E-state index contributed by atoms with van der Waals surface area (Å²) in [5, 5.41) is 9.58. The Morgan fingerprint density at radius 3 is 2.70 bits per heavy atom. The van der Waals surface area contributed by atoms with Crippen LogP contribution in [0.1, 0.15) is 35.8 Å². The molecule has 0 aromatic carbocycles. The van der Waals surface area contributed by atoms with Gasteiger partial charge in [-0.25, -0.2) is 4.79 Å². The number of likely N-dealkylation sites (tertiary alicyclic amines) is 1. The van der Waals surface area contributed by atoms with Gasteiger partial charge in [-0.3, -0.25) is 9.88 Å². The van der Waals surface area contributed by atoms with Crippen molar-refractivity contribution in [2.24, 2.45) is 5.92 Å². The van der Waals surface area contributed by atoms with Crippen LogP contribution in [-0.2, 0) is 11.3 Å². The summed E-state index contributed by atoms with van der Waals surface area (Å²) in [5.41, 5.74) is 1.43. The summed E-state index contributed by atoms with van der Waals surface area (Å²) >= 11 is 0. The maximum Gasteiger partial charge on any atom is 0.339 e. The number of ether oxygens (including phenoxy) is 1. The Morgan fingerprint density at radius 2 is 2.20 bits per heavy atom. The maximum absolute atomic E-state index is 11.3. The number of nitrogens with zero attached hydrogens (tertiary/aromatic N) is 2. The van der Waals surface area contributed by atoms with Crippen LogP contribution in [0.25, 0.3) is 0 Å². The summed E-state index contributed by atoms with van der Waals surface area (Å²) in [6, 6.07) is 3.61. The summed E-state index contributed by atoms with van der Waals surface area (Å²) in [6.45, 7) is 4.62. The molecule has 1 unspecified atom stereocenters. The molecule has 1 N–H and O–H groups in total. The van der Waals surface area contributed by atoms with Gasteiger partial charge in [0.15, 0.2) is 0 Å². The zero-order chi connectivity index (χ0) is 14.5. The number of pyridine rings is 1. The second-order valence-electron chi connectivity index (χ2n) is 5.38. The highest BCUT2D eigenvalue weighted by atomic mass is 16.5. The monoisotopic (exact) mass is 278 g/mol. The molecule has 5 nitrogen and oxygen atoms in total. The number of hydrogen-bond acceptors (Lipinski definition) is 5. The molecule has 1 atom stereocenters. The first-order valence-electron chi connectivity index (χ1n) is 7.04. The van der Waals surface area contributed by atoms with Crippen molar-refractivity contribution in [3.05, 3.63) is 29.6 Å². The Bertz CT molecular complexity index is 437. The molecule has 1 aliphatic rings. The molecule has 110 valence electrons. The molecule has 1 aliphatic heterocycles. The van der Waals surface area contributed by atoms with E-state index in [0.29, 0.717) is 11.5 Å². The van der Waals surface area contributed by atoms with Crippen molar-refractivity contribution in [1.82, 2.24) is 9.88 Å². The zero-order valence-corrected chi connectivity index (χ0v) is 12.1. The lowest BCUT2D eigenvalue weighted by Gasteiger charge is -2.32. The van der Waals surface area contributed by atoms with Gasteiger partial charge < -0.3 is 9.84 Å².